The molecule has 1 heterocycles. The Labute approximate surface area is 150 Å². The summed E-state index contributed by atoms with van der Waals surface area (Å²) in [5.74, 6) is 0.605. The third-order valence-electron chi connectivity index (χ3n) is 4.45. The molecule has 0 aromatic heterocycles. The zero-order valence-electron chi connectivity index (χ0n) is 15.4. The number of methoxy groups -OCH3 is 1. The van der Waals surface area contributed by atoms with Gasteiger partial charge in [-0.3, -0.25) is 9.79 Å². The van der Waals surface area contributed by atoms with E-state index in [1.165, 1.54) is 0 Å². The largest absolute Gasteiger partial charge is 0.466 e. The van der Waals surface area contributed by atoms with Crippen LogP contribution in [0.1, 0.15) is 31.4 Å². The fourth-order valence-electron chi connectivity index (χ4n) is 3.14. The van der Waals surface area contributed by atoms with Gasteiger partial charge in [-0.05, 0) is 25.3 Å². The Bertz CT molecular complexity index is 562. The highest BCUT2D eigenvalue weighted by atomic mass is 16.5. The van der Waals surface area contributed by atoms with Gasteiger partial charge in [-0.1, -0.05) is 30.3 Å². The molecule has 1 aliphatic heterocycles. The monoisotopic (exact) mass is 347 g/mol. The average molecular weight is 347 g/mol. The number of piperidine rings is 1. The van der Waals surface area contributed by atoms with E-state index in [0.29, 0.717) is 19.7 Å². The van der Waals surface area contributed by atoms with E-state index in [4.69, 9.17) is 9.47 Å². The highest BCUT2D eigenvalue weighted by Gasteiger charge is 2.28. The maximum Gasteiger partial charge on any atom is 0.310 e. The molecule has 1 saturated heterocycles. The predicted octanol–water partition coefficient (Wildman–Crippen LogP) is 2.22. The highest BCUT2D eigenvalue weighted by Crippen LogP contribution is 2.19. The van der Waals surface area contributed by atoms with Gasteiger partial charge >= 0.3 is 5.97 Å². The van der Waals surface area contributed by atoms with E-state index in [9.17, 15) is 4.79 Å². The molecule has 0 bridgehead atoms. The summed E-state index contributed by atoms with van der Waals surface area (Å²) in [6, 6.07) is 10.1. The Hall–Kier alpha value is -2.08. The Morgan fingerprint density at radius 3 is 2.80 bits per heavy atom. The fraction of sp³-hybridized carbons (Fsp3) is 0.579. The van der Waals surface area contributed by atoms with Crippen molar-refractivity contribution in [2.45, 2.75) is 25.9 Å². The number of nitrogens with one attached hydrogen (secondary N) is 1. The number of benzene rings is 1. The lowest BCUT2D eigenvalue weighted by Gasteiger charge is -2.34. The van der Waals surface area contributed by atoms with Crippen molar-refractivity contribution in [3.05, 3.63) is 35.9 Å². The summed E-state index contributed by atoms with van der Waals surface area (Å²) in [6.07, 6.45) is 1.77. The van der Waals surface area contributed by atoms with E-state index in [2.05, 4.69) is 27.3 Å². The van der Waals surface area contributed by atoms with E-state index in [1.807, 2.05) is 25.1 Å². The number of hydrogen-bond acceptors (Lipinski definition) is 4. The molecule has 0 saturated carbocycles. The Kier molecular flexibility index (Phi) is 7.73. The van der Waals surface area contributed by atoms with Crippen LogP contribution in [0.2, 0.25) is 0 Å². The molecule has 2 unspecified atom stereocenters. The normalized spacial score (nSPS) is 19.4. The summed E-state index contributed by atoms with van der Waals surface area (Å²) >= 11 is 0. The first-order valence-corrected chi connectivity index (χ1v) is 8.89. The van der Waals surface area contributed by atoms with Gasteiger partial charge in [0.25, 0.3) is 0 Å². The number of guanidine groups is 1. The molecule has 1 fully saturated rings. The van der Waals surface area contributed by atoms with Crippen molar-refractivity contribution < 1.29 is 14.3 Å². The van der Waals surface area contributed by atoms with Crippen LogP contribution in [0.4, 0.5) is 0 Å². The van der Waals surface area contributed by atoms with Crippen LogP contribution in [0.3, 0.4) is 0 Å². The second kappa shape index (κ2) is 10.0. The maximum atomic E-state index is 12.0. The molecule has 138 valence electrons. The number of aliphatic imine (C=N–C) groups is 1. The standard InChI is InChI=1S/C19H29N3O3/c1-4-25-18(23)16-11-8-12-22(14-16)19(20-2)21-13-17(24-3)15-9-6-5-7-10-15/h5-7,9-10,16-17H,4,8,11-14H2,1-3H3,(H,20,21). The van der Waals surface area contributed by atoms with Gasteiger partial charge in [0.05, 0.1) is 18.6 Å². The van der Waals surface area contributed by atoms with Crippen molar-refractivity contribution in [2.24, 2.45) is 10.9 Å². The van der Waals surface area contributed by atoms with Crippen molar-refractivity contribution in [3.8, 4) is 0 Å². The third-order valence-corrected chi connectivity index (χ3v) is 4.45. The molecular weight excluding hydrogens is 318 g/mol. The minimum atomic E-state index is -0.110. The van der Waals surface area contributed by atoms with Gasteiger partial charge < -0.3 is 19.7 Å². The van der Waals surface area contributed by atoms with Crippen LogP contribution in [-0.2, 0) is 14.3 Å². The highest BCUT2D eigenvalue weighted by molar-refractivity contribution is 5.81. The van der Waals surface area contributed by atoms with E-state index < -0.39 is 0 Å². The molecule has 1 aliphatic rings. The van der Waals surface area contributed by atoms with E-state index in [0.717, 1.165) is 30.9 Å². The van der Waals surface area contributed by atoms with Crippen LogP contribution in [0.25, 0.3) is 0 Å². The molecule has 25 heavy (non-hydrogen) atoms. The Morgan fingerprint density at radius 1 is 1.40 bits per heavy atom. The minimum absolute atomic E-state index is 0.0522. The number of ether oxygens (including phenoxy) is 2. The van der Waals surface area contributed by atoms with Crippen molar-refractivity contribution >= 4 is 11.9 Å². The number of nitrogens with zero attached hydrogens (tertiary/aromatic N) is 2. The molecule has 0 amide bonds. The average Bonchev–Trinajstić information content (AvgIpc) is 2.66. The Balaban J connectivity index is 1.94. The van der Waals surface area contributed by atoms with Gasteiger partial charge in [0.1, 0.15) is 0 Å². The predicted molar refractivity (Wildman–Crippen MR) is 98.5 cm³/mol. The van der Waals surface area contributed by atoms with Crippen molar-refractivity contribution in [2.75, 3.05) is 40.4 Å². The lowest BCUT2D eigenvalue weighted by atomic mass is 9.98. The van der Waals surface area contributed by atoms with Crippen LogP contribution in [0.15, 0.2) is 35.3 Å². The molecule has 1 aromatic carbocycles. The summed E-state index contributed by atoms with van der Waals surface area (Å²) in [6.45, 7) is 4.41. The maximum absolute atomic E-state index is 12.0. The lowest BCUT2D eigenvalue weighted by Crippen LogP contribution is -2.49. The summed E-state index contributed by atoms with van der Waals surface area (Å²) in [5, 5.41) is 3.38. The fourth-order valence-corrected chi connectivity index (χ4v) is 3.14. The van der Waals surface area contributed by atoms with Crippen molar-refractivity contribution in [1.82, 2.24) is 10.2 Å². The molecule has 0 radical (unpaired) electrons. The molecule has 2 rings (SSSR count). The summed E-state index contributed by atoms with van der Waals surface area (Å²) in [7, 11) is 3.47. The van der Waals surface area contributed by atoms with Crippen LogP contribution in [0.5, 0.6) is 0 Å². The van der Waals surface area contributed by atoms with Crippen LogP contribution < -0.4 is 5.32 Å². The second-order valence-electron chi connectivity index (χ2n) is 6.10. The smallest absolute Gasteiger partial charge is 0.310 e. The lowest BCUT2D eigenvalue weighted by molar-refractivity contribution is -0.149. The number of esters is 1. The van der Waals surface area contributed by atoms with Crippen molar-refractivity contribution in [3.63, 3.8) is 0 Å². The molecule has 0 spiro atoms. The molecule has 1 aromatic rings. The van der Waals surface area contributed by atoms with E-state index in [1.54, 1.807) is 14.2 Å². The van der Waals surface area contributed by atoms with Gasteiger partial charge in [0.2, 0.25) is 0 Å². The van der Waals surface area contributed by atoms with Gasteiger partial charge in [0.15, 0.2) is 5.96 Å². The first-order chi connectivity index (χ1) is 12.2. The first-order valence-electron chi connectivity index (χ1n) is 8.89. The summed E-state index contributed by atoms with van der Waals surface area (Å²) in [4.78, 5) is 18.5. The number of carbonyl (C=O) groups excluding carboxylic acids is 1. The van der Waals surface area contributed by atoms with Gasteiger partial charge in [-0.25, -0.2) is 0 Å². The van der Waals surface area contributed by atoms with Crippen LogP contribution in [-0.4, -0.2) is 57.2 Å². The van der Waals surface area contributed by atoms with E-state index in [-0.39, 0.29) is 18.0 Å². The van der Waals surface area contributed by atoms with Gasteiger partial charge in [-0.15, -0.1) is 0 Å². The minimum Gasteiger partial charge on any atom is -0.466 e. The number of hydrogen-bond donors (Lipinski definition) is 1. The summed E-state index contributed by atoms with van der Waals surface area (Å²) < 4.78 is 10.8. The number of likely N-dealkylation sites (tertiary alicyclic amines) is 1. The molecule has 1 N–H and O–H groups in total. The van der Waals surface area contributed by atoms with E-state index >= 15 is 0 Å². The number of rotatable bonds is 6. The first kappa shape index (κ1) is 19.2. The number of carbonyl (C=O) groups is 1. The summed E-state index contributed by atoms with van der Waals surface area (Å²) in [5.41, 5.74) is 1.12. The zero-order valence-corrected chi connectivity index (χ0v) is 15.4. The molecule has 0 aliphatic carbocycles. The van der Waals surface area contributed by atoms with Crippen molar-refractivity contribution in [1.29, 1.82) is 0 Å². The zero-order chi connectivity index (χ0) is 18.1. The molecule has 2 atom stereocenters. The second-order valence-corrected chi connectivity index (χ2v) is 6.10. The van der Waals surface area contributed by atoms with Crippen LogP contribution in [0, 0.1) is 5.92 Å². The third kappa shape index (κ3) is 5.46. The topological polar surface area (TPSA) is 63.2 Å². The van der Waals surface area contributed by atoms with Gasteiger partial charge in [-0.2, -0.15) is 0 Å². The molecule has 6 heteroatoms. The Morgan fingerprint density at radius 2 is 2.16 bits per heavy atom. The quantitative estimate of drug-likeness (QED) is 0.486. The molecular formula is C19H29N3O3. The van der Waals surface area contributed by atoms with Gasteiger partial charge in [0, 0.05) is 33.8 Å². The molecule has 6 nitrogen and oxygen atoms in total. The van der Waals surface area contributed by atoms with Crippen LogP contribution >= 0.6 is 0 Å². The SMILES string of the molecule is CCOC(=O)C1CCCN(C(=NC)NCC(OC)c2ccccc2)C1.